The summed E-state index contributed by atoms with van der Waals surface area (Å²) in [6, 6.07) is 10.4. The second-order valence-corrected chi connectivity index (χ2v) is 6.57. The van der Waals surface area contributed by atoms with E-state index in [4.69, 9.17) is 5.10 Å². The third-order valence-electron chi connectivity index (χ3n) is 4.97. The summed E-state index contributed by atoms with van der Waals surface area (Å²) in [6.07, 6.45) is 9.22. The molecular formula is C19H18N6. The Morgan fingerprint density at radius 3 is 2.80 bits per heavy atom. The fourth-order valence-electron chi connectivity index (χ4n) is 3.75. The van der Waals surface area contributed by atoms with Gasteiger partial charge < -0.3 is 0 Å². The van der Waals surface area contributed by atoms with Gasteiger partial charge in [-0.05, 0) is 52.5 Å². The van der Waals surface area contributed by atoms with E-state index in [0.29, 0.717) is 5.82 Å². The largest absolute Gasteiger partial charge is 0.260 e. The van der Waals surface area contributed by atoms with Crippen LogP contribution in [0.2, 0.25) is 0 Å². The number of benzene rings is 1. The van der Waals surface area contributed by atoms with Crippen LogP contribution in [-0.2, 0) is 13.0 Å². The van der Waals surface area contributed by atoms with Crippen LogP contribution in [0.3, 0.4) is 0 Å². The van der Waals surface area contributed by atoms with Crippen LogP contribution in [-0.4, -0.2) is 30.4 Å². The molecule has 3 aromatic rings. The Labute approximate surface area is 145 Å². The van der Waals surface area contributed by atoms with Crippen LogP contribution >= 0.6 is 0 Å². The summed E-state index contributed by atoms with van der Waals surface area (Å²) in [4.78, 5) is 0. The van der Waals surface area contributed by atoms with Crippen LogP contribution in [0.4, 0.5) is 0 Å². The van der Waals surface area contributed by atoms with Gasteiger partial charge >= 0.3 is 0 Å². The van der Waals surface area contributed by atoms with Crippen LogP contribution in [0.1, 0.15) is 36.1 Å². The maximum Gasteiger partial charge on any atom is 0.200 e. The van der Waals surface area contributed by atoms with Gasteiger partial charge in [-0.15, -0.1) is 5.10 Å². The summed E-state index contributed by atoms with van der Waals surface area (Å²) in [5, 5.41) is 19.2. The number of rotatable bonds is 4. The molecule has 0 fully saturated rings. The van der Waals surface area contributed by atoms with Crippen LogP contribution < -0.4 is 0 Å². The van der Waals surface area contributed by atoms with E-state index in [1.54, 1.807) is 0 Å². The Bertz CT molecular complexity index is 963. The van der Waals surface area contributed by atoms with Crippen molar-refractivity contribution in [3.8, 4) is 11.5 Å². The van der Waals surface area contributed by atoms with E-state index in [9.17, 15) is 0 Å². The Hall–Kier alpha value is -3.02. The number of hydrogen-bond acceptors (Lipinski definition) is 4. The minimum absolute atomic E-state index is 0.637. The van der Waals surface area contributed by atoms with Crippen LogP contribution in [0.15, 0.2) is 47.6 Å². The van der Waals surface area contributed by atoms with Gasteiger partial charge in [0.15, 0.2) is 5.82 Å². The standard InChI is InChI=1S/C19H18N6/c1-2-6-13(7-3-1)12-25-17-11-15(14-8-4-5-9-14)10-16(17)18(22-25)19-20-23-24-21-19/h1-3,6-8,11H,4-5,9-10,12H2,(H,20,21,23,24). The predicted octanol–water partition coefficient (Wildman–Crippen LogP) is 3.16. The fourth-order valence-corrected chi connectivity index (χ4v) is 3.75. The van der Waals surface area contributed by atoms with Crippen molar-refractivity contribution in [2.45, 2.75) is 32.2 Å². The SMILES string of the molecule is C1=C(C2=Cc3c(c(-c4nnn[nH]4)nn3Cc3ccccc3)C2)CCC1. The van der Waals surface area contributed by atoms with Gasteiger partial charge in [-0.1, -0.05) is 36.4 Å². The van der Waals surface area contributed by atoms with E-state index in [1.807, 2.05) is 6.07 Å². The van der Waals surface area contributed by atoms with E-state index in [-0.39, 0.29) is 0 Å². The van der Waals surface area contributed by atoms with E-state index < -0.39 is 0 Å². The molecule has 6 nitrogen and oxygen atoms in total. The van der Waals surface area contributed by atoms with Gasteiger partial charge in [-0.25, -0.2) is 5.10 Å². The number of tetrazole rings is 1. The molecule has 2 aliphatic carbocycles. The monoisotopic (exact) mass is 330 g/mol. The summed E-state index contributed by atoms with van der Waals surface area (Å²) in [7, 11) is 0. The van der Waals surface area contributed by atoms with Crippen molar-refractivity contribution in [1.82, 2.24) is 30.4 Å². The lowest BCUT2D eigenvalue weighted by molar-refractivity contribution is 0.681. The zero-order chi connectivity index (χ0) is 16.6. The molecule has 0 saturated carbocycles. The highest BCUT2D eigenvalue weighted by atomic mass is 15.5. The molecule has 1 N–H and O–H groups in total. The summed E-state index contributed by atoms with van der Waals surface area (Å²) in [6.45, 7) is 0.744. The number of aromatic nitrogens is 6. The summed E-state index contributed by atoms with van der Waals surface area (Å²) >= 11 is 0. The van der Waals surface area contributed by atoms with Crippen molar-refractivity contribution < 1.29 is 0 Å². The molecule has 0 aliphatic heterocycles. The molecule has 0 unspecified atom stereocenters. The predicted molar refractivity (Wildman–Crippen MR) is 94.6 cm³/mol. The first-order chi connectivity index (χ1) is 12.4. The fraction of sp³-hybridized carbons (Fsp3) is 0.263. The molecule has 25 heavy (non-hydrogen) atoms. The Morgan fingerprint density at radius 2 is 2.04 bits per heavy atom. The minimum Gasteiger partial charge on any atom is -0.260 e. The lowest BCUT2D eigenvalue weighted by Gasteiger charge is -2.05. The molecule has 1 aromatic carbocycles. The van der Waals surface area contributed by atoms with E-state index in [1.165, 1.54) is 47.2 Å². The Kier molecular flexibility index (Phi) is 3.33. The van der Waals surface area contributed by atoms with Crippen molar-refractivity contribution >= 4 is 6.08 Å². The third kappa shape index (κ3) is 2.50. The molecule has 0 saturated heterocycles. The number of fused-ring (bicyclic) bond motifs is 1. The zero-order valence-electron chi connectivity index (χ0n) is 13.8. The molecule has 6 heteroatoms. The summed E-state index contributed by atoms with van der Waals surface area (Å²) in [5.74, 6) is 0.637. The molecule has 2 aromatic heterocycles. The molecule has 5 rings (SSSR count). The van der Waals surface area contributed by atoms with Crippen molar-refractivity contribution in [2.24, 2.45) is 0 Å². The first-order valence-corrected chi connectivity index (χ1v) is 8.66. The van der Waals surface area contributed by atoms with Crippen molar-refractivity contribution in [2.75, 3.05) is 0 Å². The molecule has 0 radical (unpaired) electrons. The highest BCUT2D eigenvalue weighted by Crippen LogP contribution is 2.38. The lowest BCUT2D eigenvalue weighted by atomic mass is 10.0. The molecule has 2 aliphatic rings. The molecule has 0 amide bonds. The minimum atomic E-state index is 0.637. The molecule has 0 spiro atoms. The number of aromatic amines is 1. The Morgan fingerprint density at radius 1 is 1.12 bits per heavy atom. The average Bonchev–Trinajstić information content (AvgIpc) is 3.41. The molecular weight excluding hydrogens is 312 g/mol. The molecule has 0 bridgehead atoms. The third-order valence-corrected chi connectivity index (χ3v) is 4.97. The van der Waals surface area contributed by atoms with Crippen molar-refractivity contribution in [3.63, 3.8) is 0 Å². The van der Waals surface area contributed by atoms with Gasteiger partial charge in [0.25, 0.3) is 0 Å². The number of nitrogens with one attached hydrogen (secondary N) is 1. The summed E-state index contributed by atoms with van der Waals surface area (Å²) in [5.41, 5.74) is 7.40. The zero-order valence-corrected chi connectivity index (χ0v) is 13.8. The van der Waals surface area contributed by atoms with Gasteiger partial charge in [0, 0.05) is 12.0 Å². The highest BCUT2D eigenvalue weighted by Gasteiger charge is 2.27. The quantitative estimate of drug-likeness (QED) is 0.797. The van der Waals surface area contributed by atoms with Crippen LogP contribution in [0.25, 0.3) is 17.6 Å². The van der Waals surface area contributed by atoms with Gasteiger partial charge in [-0.2, -0.15) is 5.10 Å². The van der Waals surface area contributed by atoms with Gasteiger partial charge in [-0.3, -0.25) is 4.68 Å². The van der Waals surface area contributed by atoms with Crippen molar-refractivity contribution in [1.29, 1.82) is 0 Å². The van der Waals surface area contributed by atoms with E-state index >= 15 is 0 Å². The topological polar surface area (TPSA) is 72.3 Å². The van der Waals surface area contributed by atoms with Gasteiger partial charge in [0.2, 0.25) is 0 Å². The molecule has 124 valence electrons. The first kappa shape index (κ1) is 14.3. The van der Waals surface area contributed by atoms with Gasteiger partial charge in [0.05, 0.1) is 12.2 Å². The second-order valence-electron chi connectivity index (χ2n) is 6.57. The Balaban J connectivity index is 1.58. The van der Waals surface area contributed by atoms with Crippen LogP contribution in [0, 0.1) is 0 Å². The lowest BCUT2D eigenvalue weighted by Crippen LogP contribution is -2.04. The second kappa shape index (κ2) is 5.81. The normalized spacial score (nSPS) is 16.0. The maximum absolute atomic E-state index is 4.81. The maximum atomic E-state index is 4.81. The van der Waals surface area contributed by atoms with E-state index in [0.717, 1.165) is 18.7 Å². The number of H-pyrrole nitrogens is 1. The number of hydrogen-bond donors (Lipinski definition) is 1. The van der Waals surface area contributed by atoms with Crippen LogP contribution in [0.5, 0.6) is 0 Å². The first-order valence-electron chi connectivity index (χ1n) is 8.66. The average molecular weight is 330 g/mol. The highest BCUT2D eigenvalue weighted by molar-refractivity contribution is 5.73. The van der Waals surface area contributed by atoms with Gasteiger partial charge in [0.1, 0.15) is 5.69 Å². The molecule has 0 atom stereocenters. The summed E-state index contributed by atoms with van der Waals surface area (Å²) < 4.78 is 2.07. The van der Waals surface area contributed by atoms with E-state index in [2.05, 4.69) is 61.7 Å². The number of allylic oxidation sites excluding steroid dienone is 3. The smallest absolute Gasteiger partial charge is 0.200 e. The van der Waals surface area contributed by atoms with Crippen molar-refractivity contribution in [3.05, 3.63) is 64.4 Å². The number of nitrogens with zero attached hydrogens (tertiary/aromatic N) is 5. The molecule has 2 heterocycles.